The van der Waals surface area contributed by atoms with E-state index in [0.717, 1.165) is 0 Å². The summed E-state index contributed by atoms with van der Waals surface area (Å²) in [4.78, 5) is 11.3. The van der Waals surface area contributed by atoms with Crippen molar-refractivity contribution in [1.29, 1.82) is 0 Å². The van der Waals surface area contributed by atoms with Crippen LogP contribution < -0.4 is 5.32 Å². The standard InChI is InChI=1S/C11H17F2NO2/c1-2-16-9(15)8-7-10(14-8)3-5-11(12,13)6-4-10/h8,14H,2-7H2,1H3. The predicted molar refractivity (Wildman–Crippen MR) is 54.3 cm³/mol. The molecule has 92 valence electrons. The van der Waals surface area contributed by atoms with Crippen molar-refractivity contribution >= 4 is 5.97 Å². The lowest BCUT2D eigenvalue weighted by Gasteiger charge is -2.51. The summed E-state index contributed by atoms with van der Waals surface area (Å²) < 4.78 is 30.8. The SMILES string of the molecule is CCOC(=O)C1CC2(CCC(F)(F)CC2)N1. The number of rotatable bonds is 2. The van der Waals surface area contributed by atoms with Crippen molar-refractivity contribution in [2.45, 2.75) is 56.5 Å². The summed E-state index contributed by atoms with van der Waals surface area (Å²) in [7, 11) is 0. The molecule has 0 aromatic rings. The van der Waals surface area contributed by atoms with E-state index >= 15 is 0 Å². The number of esters is 1. The van der Waals surface area contributed by atoms with Crippen molar-refractivity contribution in [3.05, 3.63) is 0 Å². The van der Waals surface area contributed by atoms with Crippen LogP contribution in [0.3, 0.4) is 0 Å². The van der Waals surface area contributed by atoms with Gasteiger partial charge in [-0.2, -0.15) is 0 Å². The summed E-state index contributed by atoms with van der Waals surface area (Å²) >= 11 is 0. The van der Waals surface area contributed by atoms with Gasteiger partial charge in [0.25, 0.3) is 0 Å². The van der Waals surface area contributed by atoms with Gasteiger partial charge in [0.05, 0.1) is 6.61 Å². The Morgan fingerprint density at radius 3 is 2.44 bits per heavy atom. The number of carbonyl (C=O) groups excluding carboxylic acids is 1. The molecule has 0 aromatic carbocycles. The first kappa shape index (κ1) is 11.8. The molecule has 0 bridgehead atoms. The molecule has 1 unspecified atom stereocenters. The number of hydrogen-bond acceptors (Lipinski definition) is 3. The Balaban J connectivity index is 1.81. The first-order chi connectivity index (χ1) is 7.46. The molecule has 0 aromatic heterocycles. The van der Waals surface area contributed by atoms with Crippen molar-refractivity contribution in [1.82, 2.24) is 5.32 Å². The summed E-state index contributed by atoms with van der Waals surface area (Å²) in [6.07, 6.45) is 1.40. The molecule has 1 N–H and O–H groups in total. The normalized spacial score (nSPS) is 30.8. The van der Waals surface area contributed by atoms with Crippen LogP contribution in [0.5, 0.6) is 0 Å². The van der Waals surface area contributed by atoms with Gasteiger partial charge in [0.2, 0.25) is 5.92 Å². The average molecular weight is 233 g/mol. The van der Waals surface area contributed by atoms with Crippen LogP contribution in [0.4, 0.5) is 8.78 Å². The Kier molecular flexibility index (Phi) is 2.90. The van der Waals surface area contributed by atoms with E-state index in [0.29, 0.717) is 25.9 Å². The molecule has 1 spiro atoms. The van der Waals surface area contributed by atoms with Crippen molar-refractivity contribution < 1.29 is 18.3 Å². The maximum atomic E-state index is 13.0. The summed E-state index contributed by atoms with van der Waals surface area (Å²) in [6.45, 7) is 2.12. The molecule has 0 amide bonds. The Morgan fingerprint density at radius 2 is 1.94 bits per heavy atom. The van der Waals surface area contributed by atoms with Gasteiger partial charge in [0.1, 0.15) is 6.04 Å². The lowest BCUT2D eigenvalue weighted by atomic mass is 9.70. The van der Waals surface area contributed by atoms with Gasteiger partial charge in [-0.25, -0.2) is 8.78 Å². The fraction of sp³-hybridized carbons (Fsp3) is 0.909. The number of halogens is 2. The number of nitrogens with one attached hydrogen (secondary N) is 1. The Bertz CT molecular complexity index is 276. The van der Waals surface area contributed by atoms with Crippen LogP contribution in [0.2, 0.25) is 0 Å². The van der Waals surface area contributed by atoms with E-state index in [-0.39, 0.29) is 30.4 Å². The van der Waals surface area contributed by atoms with Gasteiger partial charge in [-0.1, -0.05) is 0 Å². The first-order valence-corrected chi connectivity index (χ1v) is 5.79. The zero-order valence-corrected chi connectivity index (χ0v) is 9.39. The number of ether oxygens (including phenoxy) is 1. The molecule has 1 saturated carbocycles. The van der Waals surface area contributed by atoms with Crippen LogP contribution in [0.15, 0.2) is 0 Å². The van der Waals surface area contributed by atoms with Gasteiger partial charge in [-0.05, 0) is 26.2 Å². The van der Waals surface area contributed by atoms with Gasteiger partial charge in [-0.15, -0.1) is 0 Å². The van der Waals surface area contributed by atoms with Gasteiger partial charge in [-0.3, -0.25) is 10.1 Å². The monoisotopic (exact) mass is 233 g/mol. The fourth-order valence-corrected chi connectivity index (χ4v) is 2.57. The highest BCUT2D eigenvalue weighted by atomic mass is 19.3. The third-order valence-corrected chi connectivity index (χ3v) is 3.59. The quantitative estimate of drug-likeness (QED) is 0.740. The molecular weight excluding hydrogens is 216 g/mol. The van der Waals surface area contributed by atoms with Crippen LogP contribution in [0.1, 0.15) is 39.0 Å². The molecule has 2 fully saturated rings. The number of carbonyl (C=O) groups is 1. The van der Waals surface area contributed by atoms with Crippen molar-refractivity contribution in [3.8, 4) is 0 Å². The topological polar surface area (TPSA) is 38.3 Å². The highest BCUT2D eigenvalue weighted by molar-refractivity contribution is 5.77. The Labute approximate surface area is 93.5 Å². The minimum absolute atomic E-state index is 0.0739. The van der Waals surface area contributed by atoms with E-state index in [9.17, 15) is 13.6 Å². The minimum Gasteiger partial charge on any atom is -0.465 e. The molecule has 16 heavy (non-hydrogen) atoms. The molecule has 2 aliphatic rings. The second-order valence-corrected chi connectivity index (χ2v) is 4.79. The number of hydrogen-bond donors (Lipinski definition) is 1. The van der Waals surface area contributed by atoms with Crippen LogP contribution >= 0.6 is 0 Å². The lowest BCUT2D eigenvalue weighted by Crippen LogP contribution is -2.68. The third-order valence-electron chi connectivity index (χ3n) is 3.59. The second-order valence-electron chi connectivity index (χ2n) is 4.79. The van der Waals surface area contributed by atoms with Crippen LogP contribution in [-0.2, 0) is 9.53 Å². The molecule has 1 aliphatic heterocycles. The molecule has 1 aliphatic carbocycles. The van der Waals surface area contributed by atoms with Gasteiger partial charge in [0.15, 0.2) is 0 Å². The average Bonchev–Trinajstić information content (AvgIpc) is 2.15. The van der Waals surface area contributed by atoms with E-state index in [2.05, 4.69) is 5.32 Å². The van der Waals surface area contributed by atoms with Crippen molar-refractivity contribution in [2.75, 3.05) is 6.61 Å². The summed E-state index contributed by atoms with van der Waals surface area (Å²) in [5.74, 6) is -2.77. The second kappa shape index (κ2) is 3.95. The van der Waals surface area contributed by atoms with E-state index in [1.807, 2.05) is 0 Å². The summed E-state index contributed by atoms with van der Waals surface area (Å²) in [5, 5.41) is 3.11. The smallest absolute Gasteiger partial charge is 0.323 e. The Morgan fingerprint density at radius 1 is 1.38 bits per heavy atom. The molecular formula is C11H17F2NO2. The maximum Gasteiger partial charge on any atom is 0.323 e. The summed E-state index contributed by atoms with van der Waals surface area (Å²) in [5.41, 5.74) is -0.223. The number of alkyl halides is 2. The molecule has 0 radical (unpaired) electrons. The largest absolute Gasteiger partial charge is 0.465 e. The van der Waals surface area contributed by atoms with Gasteiger partial charge in [0, 0.05) is 18.4 Å². The molecule has 5 heteroatoms. The lowest BCUT2D eigenvalue weighted by molar-refractivity contribution is -0.153. The van der Waals surface area contributed by atoms with E-state index in [4.69, 9.17) is 4.74 Å². The molecule has 2 rings (SSSR count). The fourth-order valence-electron chi connectivity index (χ4n) is 2.57. The first-order valence-electron chi connectivity index (χ1n) is 5.79. The molecule has 3 nitrogen and oxygen atoms in total. The third kappa shape index (κ3) is 2.19. The van der Waals surface area contributed by atoms with Crippen molar-refractivity contribution in [2.24, 2.45) is 0 Å². The highest BCUT2D eigenvalue weighted by Gasteiger charge is 2.52. The Hall–Kier alpha value is -0.710. The van der Waals surface area contributed by atoms with Crippen LogP contribution in [0, 0.1) is 0 Å². The van der Waals surface area contributed by atoms with E-state index in [1.54, 1.807) is 6.92 Å². The van der Waals surface area contributed by atoms with Gasteiger partial charge >= 0.3 is 5.97 Å². The van der Waals surface area contributed by atoms with Crippen LogP contribution in [-0.4, -0.2) is 30.1 Å². The molecule has 1 heterocycles. The van der Waals surface area contributed by atoms with Crippen molar-refractivity contribution in [3.63, 3.8) is 0 Å². The van der Waals surface area contributed by atoms with E-state index < -0.39 is 5.92 Å². The molecule has 1 atom stereocenters. The maximum absolute atomic E-state index is 13.0. The summed E-state index contributed by atoms with van der Waals surface area (Å²) in [6, 6.07) is -0.285. The highest BCUT2D eigenvalue weighted by Crippen LogP contribution is 2.44. The van der Waals surface area contributed by atoms with Gasteiger partial charge < -0.3 is 4.74 Å². The van der Waals surface area contributed by atoms with Crippen LogP contribution in [0.25, 0.3) is 0 Å². The van der Waals surface area contributed by atoms with E-state index in [1.165, 1.54) is 0 Å². The zero-order valence-electron chi connectivity index (χ0n) is 9.39. The zero-order chi connectivity index (χ0) is 11.8. The predicted octanol–water partition coefficient (Wildman–Crippen LogP) is 1.86. The minimum atomic E-state index is -2.51. The molecule has 1 saturated heterocycles.